The summed E-state index contributed by atoms with van der Waals surface area (Å²) in [7, 11) is 1.80. The van der Waals surface area contributed by atoms with Gasteiger partial charge in [-0.1, -0.05) is 5.92 Å². The Balaban J connectivity index is 1.45. The molecule has 2 N–H and O–H groups in total. The zero-order valence-corrected chi connectivity index (χ0v) is 17.7. The summed E-state index contributed by atoms with van der Waals surface area (Å²) >= 11 is 0. The molecule has 3 aromatic heterocycles. The second-order valence-corrected chi connectivity index (χ2v) is 7.95. The molecule has 8 nitrogen and oxygen atoms in total. The van der Waals surface area contributed by atoms with Gasteiger partial charge in [0.1, 0.15) is 17.3 Å². The number of pyridine rings is 3. The van der Waals surface area contributed by atoms with E-state index in [-0.39, 0.29) is 17.7 Å². The summed E-state index contributed by atoms with van der Waals surface area (Å²) in [5, 5.41) is 7.62. The fourth-order valence-electron chi connectivity index (χ4n) is 3.75. The lowest BCUT2D eigenvalue weighted by atomic mass is 10.1. The molecule has 1 aliphatic heterocycles. The van der Waals surface area contributed by atoms with Gasteiger partial charge in [0.15, 0.2) is 0 Å². The van der Waals surface area contributed by atoms with E-state index in [1.165, 1.54) is 0 Å². The molecule has 0 bridgehead atoms. The van der Waals surface area contributed by atoms with Crippen molar-refractivity contribution < 1.29 is 9.59 Å². The lowest BCUT2D eigenvalue weighted by Gasteiger charge is -2.14. The molecule has 0 unspecified atom stereocenters. The Morgan fingerprint density at radius 3 is 2.66 bits per heavy atom. The SMILES string of the molecule is CNc1ncc(C#Cc2ccc(N3CCCC3=O)cn2)c2cc(NC(=O)C3CC3)ncc12. The average Bonchev–Trinajstić information content (AvgIpc) is 3.59. The van der Waals surface area contributed by atoms with Crippen molar-refractivity contribution in [2.24, 2.45) is 5.92 Å². The molecule has 1 aliphatic carbocycles. The number of rotatable bonds is 4. The summed E-state index contributed by atoms with van der Waals surface area (Å²) in [4.78, 5) is 39.0. The van der Waals surface area contributed by atoms with E-state index < -0.39 is 0 Å². The minimum absolute atomic E-state index is 0.00755. The zero-order valence-electron chi connectivity index (χ0n) is 17.7. The highest BCUT2D eigenvalue weighted by Crippen LogP contribution is 2.31. The Labute approximate surface area is 185 Å². The van der Waals surface area contributed by atoms with Crippen LogP contribution in [0.15, 0.2) is 36.8 Å². The summed E-state index contributed by atoms with van der Waals surface area (Å²) < 4.78 is 0. The van der Waals surface area contributed by atoms with Crippen LogP contribution in [-0.2, 0) is 9.59 Å². The molecule has 0 radical (unpaired) electrons. The second kappa shape index (κ2) is 8.27. The molecule has 0 atom stereocenters. The van der Waals surface area contributed by atoms with E-state index in [0.29, 0.717) is 29.3 Å². The van der Waals surface area contributed by atoms with Crippen molar-refractivity contribution in [3.63, 3.8) is 0 Å². The molecule has 4 heterocycles. The highest BCUT2D eigenvalue weighted by Gasteiger charge is 2.29. The van der Waals surface area contributed by atoms with Gasteiger partial charge in [-0.25, -0.2) is 15.0 Å². The third kappa shape index (κ3) is 3.97. The predicted octanol–water partition coefficient (Wildman–Crippen LogP) is 2.94. The highest BCUT2D eigenvalue weighted by atomic mass is 16.2. The molecule has 3 aromatic rings. The quantitative estimate of drug-likeness (QED) is 0.622. The molecule has 2 amide bonds. The topological polar surface area (TPSA) is 100 Å². The second-order valence-electron chi connectivity index (χ2n) is 7.95. The summed E-state index contributed by atoms with van der Waals surface area (Å²) in [5.74, 6) is 7.65. The largest absolute Gasteiger partial charge is 0.373 e. The fourth-order valence-corrected chi connectivity index (χ4v) is 3.75. The molecule has 32 heavy (non-hydrogen) atoms. The van der Waals surface area contributed by atoms with Crippen molar-refractivity contribution in [2.75, 3.05) is 29.1 Å². The maximum absolute atomic E-state index is 12.1. The molecule has 0 aromatic carbocycles. The van der Waals surface area contributed by atoms with E-state index >= 15 is 0 Å². The van der Waals surface area contributed by atoms with E-state index in [4.69, 9.17) is 0 Å². The van der Waals surface area contributed by atoms with E-state index in [1.807, 2.05) is 18.2 Å². The number of hydrogen-bond acceptors (Lipinski definition) is 6. The normalized spacial score (nSPS) is 15.4. The molecule has 8 heteroatoms. The van der Waals surface area contributed by atoms with Crippen molar-refractivity contribution in [2.45, 2.75) is 25.7 Å². The van der Waals surface area contributed by atoms with Crippen LogP contribution in [-0.4, -0.2) is 40.4 Å². The molecular formula is C24H22N6O2. The van der Waals surface area contributed by atoms with Crippen molar-refractivity contribution in [3.05, 3.63) is 48.0 Å². The third-order valence-electron chi connectivity index (χ3n) is 5.67. The van der Waals surface area contributed by atoms with Gasteiger partial charge in [0.25, 0.3) is 0 Å². The summed E-state index contributed by atoms with van der Waals surface area (Å²) in [6.07, 6.45) is 8.41. The van der Waals surface area contributed by atoms with Crippen LogP contribution < -0.4 is 15.5 Å². The molecular weight excluding hydrogens is 404 g/mol. The van der Waals surface area contributed by atoms with Crippen molar-refractivity contribution in [1.29, 1.82) is 0 Å². The number of amides is 2. The first-order valence-corrected chi connectivity index (χ1v) is 10.7. The molecule has 160 valence electrons. The van der Waals surface area contributed by atoms with Gasteiger partial charge in [-0.2, -0.15) is 0 Å². The molecule has 2 aliphatic rings. The maximum Gasteiger partial charge on any atom is 0.228 e. The summed E-state index contributed by atoms with van der Waals surface area (Å²) in [6, 6.07) is 5.52. The number of fused-ring (bicyclic) bond motifs is 1. The number of nitrogens with zero attached hydrogens (tertiary/aromatic N) is 4. The number of anilines is 3. The summed E-state index contributed by atoms with van der Waals surface area (Å²) in [5.41, 5.74) is 2.11. The lowest BCUT2D eigenvalue weighted by Crippen LogP contribution is -2.23. The number of nitrogens with one attached hydrogen (secondary N) is 2. The Morgan fingerprint density at radius 1 is 1.09 bits per heavy atom. The summed E-state index contributed by atoms with van der Waals surface area (Å²) in [6.45, 7) is 0.731. The predicted molar refractivity (Wildman–Crippen MR) is 122 cm³/mol. The molecule has 0 spiro atoms. The van der Waals surface area contributed by atoms with Crippen LogP contribution in [0, 0.1) is 17.8 Å². The van der Waals surface area contributed by atoms with Crippen LogP contribution >= 0.6 is 0 Å². The lowest BCUT2D eigenvalue weighted by molar-refractivity contribution is -0.118. The first-order valence-electron chi connectivity index (χ1n) is 10.7. The Kier molecular flexibility index (Phi) is 5.15. The molecule has 5 rings (SSSR count). The monoisotopic (exact) mass is 426 g/mol. The van der Waals surface area contributed by atoms with Gasteiger partial charge >= 0.3 is 0 Å². The Morgan fingerprint density at radius 2 is 1.97 bits per heavy atom. The van der Waals surface area contributed by atoms with Gasteiger partial charge in [-0.05, 0) is 43.4 Å². The van der Waals surface area contributed by atoms with Crippen molar-refractivity contribution in [1.82, 2.24) is 15.0 Å². The first-order chi connectivity index (χ1) is 15.6. The van der Waals surface area contributed by atoms with Gasteiger partial charge in [0, 0.05) is 49.1 Å². The minimum Gasteiger partial charge on any atom is -0.373 e. The van der Waals surface area contributed by atoms with Gasteiger partial charge in [-0.3, -0.25) is 9.59 Å². The maximum atomic E-state index is 12.1. The highest BCUT2D eigenvalue weighted by molar-refractivity contribution is 5.99. The number of carbonyl (C=O) groups is 2. The van der Waals surface area contributed by atoms with Crippen LogP contribution in [0.5, 0.6) is 0 Å². The average molecular weight is 426 g/mol. The van der Waals surface area contributed by atoms with Crippen LogP contribution in [0.4, 0.5) is 17.3 Å². The minimum atomic E-state index is 0.00755. The van der Waals surface area contributed by atoms with Crippen molar-refractivity contribution >= 4 is 39.9 Å². The Bertz CT molecular complexity index is 1270. The van der Waals surface area contributed by atoms with Gasteiger partial charge in [0.2, 0.25) is 11.8 Å². The van der Waals surface area contributed by atoms with Gasteiger partial charge in [0.05, 0.1) is 17.4 Å². The third-order valence-corrected chi connectivity index (χ3v) is 5.67. The van der Waals surface area contributed by atoms with Crippen LogP contribution in [0.1, 0.15) is 36.9 Å². The van der Waals surface area contributed by atoms with Gasteiger partial charge in [-0.15, -0.1) is 0 Å². The van der Waals surface area contributed by atoms with Crippen LogP contribution in [0.25, 0.3) is 10.8 Å². The molecule has 2 fully saturated rings. The van der Waals surface area contributed by atoms with E-state index in [2.05, 4.69) is 37.4 Å². The van der Waals surface area contributed by atoms with Crippen LogP contribution in [0.3, 0.4) is 0 Å². The smallest absolute Gasteiger partial charge is 0.228 e. The number of hydrogen-bond donors (Lipinski definition) is 2. The van der Waals surface area contributed by atoms with Crippen molar-refractivity contribution in [3.8, 4) is 11.8 Å². The van der Waals surface area contributed by atoms with E-state index in [1.54, 1.807) is 30.5 Å². The Hall–Kier alpha value is -3.99. The number of carbonyl (C=O) groups excluding carboxylic acids is 2. The first kappa shape index (κ1) is 19.9. The van der Waals surface area contributed by atoms with E-state index in [0.717, 1.165) is 42.3 Å². The number of aromatic nitrogens is 3. The van der Waals surface area contributed by atoms with E-state index in [9.17, 15) is 9.59 Å². The standard InChI is InChI=1S/C24H22N6O2/c1-25-23-20-14-27-21(29-24(32)15-4-5-15)11-19(20)16(12-28-23)6-7-17-8-9-18(13-26-17)30-10-2-3-22(30)31/h8-9,11-15H,2-5,10H2,1H3,(H,25,28)(H,27,29,32). The molecule has 1 saturated heterocycles. The molecule has 1 saturated carbocycles. The fraction of sp³-hybridized carbons (Fsp3) is 0.292. The van der Waals surface area contributed by atoms with Gasteiger partial charge < -0.3 is 15.5 Å². The zero-order chi connectivity index (χ0) is 22.1. The van der Waals surface area contributed by atoms with Crippen LogP contribution in [0.2, 0.25) is 0 Å².